The van der Waals surface area contributed by atoms with Gasteiger partial charge in [0.2, 0.25) is 5.91 Å². The van der Waals surface area contributed by atoms with Crippen molar-refractivity contribution < 1.29 is 9.59 Å². The lowest BCUT2D eigenvalue weighted by atomic mass is 10.1. The summed E-state index contributed by atoms with van der Waals surface area (Å²) in [5.41, 5.74) is 11.6. The Balaban J connectivity index is 1.94. The van der Waals surface area contributed by atoms with Gasteiger partial charge in [-0.25, -0.2) is 5.43 Å². The maximum atomic E-state index is 12.2. The summed E-state index contributed by atoms with van der Waals surface area (Å²) in [4.78, 5) is 23.9. The van der Waals surface area contributed by atoms with Crippen LogP contribution < -0.4 is 16.5 Å². The summed E-state index contributed by atoms with van der Waals surface area (Å²) >= 11 is 0. The first kappa shape index (κ1) is 19.2. The highest BCUT2D eigenvalue weighted by molar-refractivity contribution is 6.01. The Bertz CT molecular complexity index is 780. The quantitative estimate of drug-likeness (QED) is 0.404. The second-order valence-electron chi connectivity index (χ2n) is 5.99. The van der Waals surface area contributed by atoms with Gasteiger partial charge in [0, 0.05) is 23.4 Å². The van der Waals surface area contributed by atoms with Gasteiger partial charge in [0.25, 0.3) is 5.91 Å². The van der Waals surface area contributed by atoms with Crippen molar-refractivity contribution in [3.8, 4) is 0 Å². The number of benzene rings is 2. The molecule has 2 rings (SSSR count). The largest absolute Gasteiger partial charge is 0.399 e. The molecule has 2 amide bonds. The molecule has 0 aliphatic rings. The third-order valence-electron chi connectivity index (χ3n) is 3.84. The van der Waals surface area contributed by atoms with Crippen LogP contribution in [-0.2, 0) is 4.79 Å². The summed E-state index contributed by atoms with van der Waals surface area (Å²) < 4.78 is 0. The van der Waals surface area contributed by atoms with Gasteiger partial charge < -0.3 is 11.1 Å². The molecule has 26 heavy (non-hydrogen) atoms. The van der Waals surface area contributed by atoms with Crippen LogP contribution in [0.4, 0.5) is 11.4 Å². The first-order valence-electron chi connectivity index (χ1n) is 8.60. The normalized spacial score (nSPS) is 11.1. The molecule has 6 heteroatoms. The zero-order valence-corrected chi connectivity index (χ0v) is 15.1. The number of amides is 2. The molecular formula is C20H24N4O2. The van der Waals surface area contributed by atoms with E-state index in [2.05, 4.69) is 15.8 Å². The van der Waals surface area contributed by atoms with Crippen LogP contribution in [0.15, 0.2) is 53.6 Å². The van der Waals surface area contributed by atoms with Gasteiger partial charge >= 0.3 is 0 Å². The number of nitrogens with two attached hydrogens (primary N) is 1. The molecule has 0 aliphatic carbocycles. The third kappa shape index (κ3) is 5.73. The highest BCUT2D eigenvalue weighted by Crippen LogP contribution is 2.11. The van der Waals surface area contributed by atoms with Crippen molar-refractivity contribution in [1.29, 1.82) is 0 Å². The molecule has 4 N–H and O–H groups in total. The van der Waals surface area contributed by atoms with Crippen molar-refractivity contribution in [2.45, 2.75) is 33.1 Å². The van der Waals surface area contributed by atoms with Crippen LogP contribution in [0.25, 0.3) is 0 Å². The van der Waals surface area contributed by atoms with Crippen LogP contribution in [0.2, 0.25) is 0 Å². The molecule has 0 aliphatic heterocycles. The molecule has 0 fully saturated rings. The van der Waals surface area contributed by atoms with Crippen molar-refractivity contribution in [3.05, 3.63) is 59.7 Å². The zero-order chi connectivity index (χ0) is 18.9. The number of nitrogen functional groups attached to an aromatic ring is 1. The lowest BCUT2D eigenvalue weighted by Crippen LogP contribution is -2.19. The second-order valence-corrected chi connectivity index (χ2v) is 5.99. The minimum absolute atomic E-state index is 0.0206. The van der Waals surface area contributed by atoms with Crippen molar-refractivity contribution in [2.75, 3.05) is 11.1 Å². The topological polar surface area (TPSA) is 96.6 Å². The van der Waals surface area contributed by atoms with Gasteiger partial charge in [0.15, 0.2) is 0 Å². The number of unbranched alkanes of at least 4 members (excludes halogenated alkanes) is 1. The van der Waals surface area contributed by atoms with Gasteiger partial charge in [-0.15, -0.1) is 0 Å². The van der Waals surface area contributed by atoms with E-state index in [1.165, 1.54) is 0 Å². The summed E-state index contributed by atoms with van der Waals surface area (Å²) in [5.74, 6) is -0.337. The molecule has 2 aromatic carbocycles. The van der Waals surface area contributed by atoms with E-state index < -0.39 is 0 Å². The Hall–Kier alpha value is -3.15. The number of rotatable bonds is 7. The molecule has 0 spiro atoms. The van der Waals surface area contributed by atoms with Gasteiger partial charge in [0.1, 0.15) is 0 Å². The Kier molecular flexibility index (Phi) is 6.91. The summed E-state index contributed by atoms with van der Waals surface area (Å²) in [6, 6.07) is 14.0. The number of carbonyl (C=O) groups excluding carboxylic acids is 2. The van der Waals surface area contributed by atoms with Crippen LogP contribution in [-0.4, -0.2) is 17.5 Å². The van der Waals surface area contributed by atoms with E-state index in [-0.39, 0.29) is 11.8 Å². The molecule has 0 radical (unpaired) electrons. The van der Waals surface area contributed by atoms with Crippen molar-refractivity contribution in [1.82, 2.24) is 5.43 Å². The van der Waals surface area contributed by atoms with Crippen LogP contribution in [0.3, 0.4) is 0 Å². The van der Waals surface area contributed by atoms with Gasteiger partial charge in [-0.3, -0.25) is 9.59 Å². The van der Waals surface area contributed by atoms with E-state index in [9.17, 15) is 9.59 Å². The number of anilines is 2. The SMILES string of the molecule is CCCCC(=O)Nc1ccc(C(=O)NN=C(C)c2ccc(N)cc2)cc1. The van der Waals surface area contributed by atoms with E-state index in [0.29, 0.717) is 29.1 Å². The standard InChI is InChI=1S/C20H24N4O2/c1-3-4-5-19(25)22-18-12-8-16(9-13-18)20(26)24-23-14(2)15-6-10-17(21)11-7-15/h6-13H,3-5,21H2,1-2H3,(H,22,25)(H,24,26). The molecule has 6 nitrogen and oxygen atoms in total. The maximum Gasteiger partial charge on any atom is 0.271 e. The summed E-state index contributed by atoms with van der Waals surface area (Å²) in [7, 11) is 0. The molecule has 0 saturated heterocycles. The lowest BCUT2D eigenvalue weighted by Gasteiger charge is -2.06. The molecule has 0 unspecified atom stereocenters. The second kappa shape index (κ2) is 9.36. The molecule has 0 atom stereocenters. The number of nitrogens with one attached hydrogen (secondary N) is 2. The highest BCUT2D eigenvalue weighted by Gasteiger charge is 2.06. The van der Waals surface area contributed by atoms with Gasteiger partial charge in [-0.1, -0.05) is 25.5 Å². The molecule has 0 bridgehead atoms. The summed E-state index contributed by atoms with van der Waals surface area (Å²) in [6.45, 7) is 3.85. The number of carbonyl (C=O) groups is 2. The average molecular weight is 352 g/mol. The number of nitrogens with zero attached hydrogens (tertiary/aromatic N) is 1. The molecular weight excluding hydrogens is 328 g/mol. The molecule has 0 aromatic heterocycles. The predicted octanol–water partition coefficient (Wildman–Crippen LogP) is 3.55. The lowest BCUT2D eigenvalue weighted by molar-refractivity contribution is -0.116. The van der Waals surface area contributed by atoms with E-state index in [1.54, 1.807) is 43.3 Å². The highest BCUT2D eigenvalue weighted by atomic mass is 16.2. The fourth-order valence-corrected chi connectivity index (χ4v) is 2.25. The van der Waals surface area contributed by atoms with E-state index in [4.69, 9.17) is 5.73 Å². The summed E-state index contributed by atoms with van der Waals surface area (Å²) in [5, 5.41) is 6.92. The minimum atomic E-state index is -0.316. The Morgan fingerprint density at radius 1 is 1.00 bits per heavy atom. The first-order chi connectivity index (χ1) is 12.5. The number of hydrazone groups is 1. The van der Waals surface area contributed by atoms with E-state index >= 15 is 0 Å². The van der Waals surface area contributed by atoms with Crippen LogP contribution in [0.1, 0.15) is 49.0 Å². The maximum absolute atomic E-state index is 12.2. The number of hydrogen-bond donors (Lipinski definition) is 3. The minimum Gasteiger partial charge on any atom is -0.399 e. The molecule has 2 aromatic rings. The predicted molar refractivity (Wildman–Crippen MR) is 105 cm³/mol. The molecule has 136 valence electrons. The fraction of sp³-hybridized carbons (Fsp3) is 0.250. The van der Waals surface area contributed by atoms with Crippen LogP contribution >= 0.6 is 0 Å². The molecule has 0 saturated carbocycles. The average Bonchev–Trinajstić information content (AvgIpc) is 2.65. The van der Waals surface area contributed by atoms with E-state index in [1.807, 2.05) is 19.1 Å². The smallest absolute Gasteiger partial charge is 0.271 e. The number of hydrogen-bond acceptors (Lipinski definition) is 4. The Morgan fingerprint density at radius 2 is 1.62 bits per heavy atom. The first-order valence-corrected chi connectivity index (χ1v) is 8.60. The zero-order valence-electron chi connectivity index (χ0n) is 15.1. The monoisotopic (exact) mass is 352 g/mol. The van der Waals surface area contributed by atoms with Gasteiger partial charge in [0.05, 0.1) is 5.71 Å². The van der Waals surface area contributed by atoms with Crippen LogP contribution in [0, 0.1) is 0 Å². The van der Waals surface area contributed by atoms with Crippen molar-refractivity contribution in [2.24, 2.45) is 5.10 Å². The van der Waals surface area contributed by atoms with Gasteiger partial charge in [-0.2, -0.15) is 5.10 Å². The summed E-state index contributed by atoms with van der Waals surface area (Å²) in [6.07, 6.45) is 2.33. The molecule has 0 heterocycles. The van der Waals surface area contributed by atoms with Crippen LogP contribution in [0.5, 0.6) is 0 Å². The van der Waals surface area contributed by atoms with Gasteiger partial charge in [-0.05, 0) is 55.3 Å². The van der Waals surface area contributed by atoms with Crippen molar-refractivity contribution >= 4 is 28.9 Å². The van der Waals surface area contributed by atoms with Crippen molar-refractivity contribution in [3.63, 3.8) is 0 Å². The fourth-order valence-electron chi connectivity index (χ4n) is 2.25. The third-order valence-corrected chi connectivity index (χ3v) is 3.84. The Morgan fingerprint density at radius 3 is 2.23 bits per heavy atom. The van der Waals surface area contributed by atoms with E-state index in [0.717, 1.165) is 18.4 Å². The Labute approximate surface area is 153 Å².